The van der Waals surface area contributed by atoms with Crippen LogP contribution in [0.5, 0.6) is 0 Å². The summed E-state index contributed by atoms with van der Waals surface area (Å²) in [4.78, 5) is 50.8. The summed E-state index contributed by atoms with van der Waals surface area (Å²) >= 11 is 0. The van der Waals surface area contributed by atoms with Crippen molar-refractivity contribution < 1.29 is 23.9 Å². The number of hydrogen-bond acceptors (Lipinski definition) is 5. The number of carbonyl (C=O) groups excluding carboxylic acids is 4. The lowest BCUT2D eigenvalue weighted by Gasteiger charge is -2.43. The average molecular weight is 430 g/mol. The molecular formula is C23H31N3O5. The summed E-state index contributed by atoms with van der Waals surface area (Å²) in [6.45, 7) is 9.05. The first-order valence-corrected chi connectivity index (χ1v) is 10.6. The smallest absolute Gasteiger partial charge is 0.326 e. The van der Waals surface area contributed by atoms with Crippen LogP contribution in [0.2, 0.25) is 0 Å². The van der Waals surface area contributed by atoms with Crippen molar-refractivity contribution in [1.29, 1.82) is 0 Å². The fraction of sp³-hybridized carbons (Fsp3) is 0.565. The number of esters is 1. The molecular weight excluding hydrogens is 398 g/mol. The maximum atomic E-state index is 13.1. The number of anilines is 1. The molecule has 1 saturated carbocycles. The number of nitrogens with zero attached hydrogens (tertiary/aromatic N) is 1. The molecule has 0 radical (unpaired) electrons. The number of amides is 4. The van der Waals surface area contributed by atoms with Crippen molar-refractivity contribution in [2.75, 3.05) is 18.5 Å². The van der Waals surface area contributed by atoms with Crippen molar-refractivity contribution in [3.8, 4) is 0 Å². The maximum absolute atomic E-state index is 13.1. The molecule has 0 unspecified atom stereocenters. The molecule has 1 aromatic rings. The molecule has 3 rings (SSSR count). The molecule has 1 aromatic carbocycles. The molecule has 168 valence electrons. The summed E-state index contributed by atoms with van der Waals surface area (Å²) in [5.41, 5.74) is 1.55. The van der Waals surface area contributed by atoms with Crippen LogP contribution in [0.15, 0.2) is 18.2 Å². The molecule has 1 aliphatic carbocycles. The van der Waals surface area contributed by atoms with Crippen LogP contribution in [0.3, 0.4) is 0 Å². The van der Waals surface area contributed by atoms with Crippen LogP contribution in [0.1, 0.15) is 51.2 Å². The average Bonchev–Trinajstić information content (AvgIpc) is 2.80. The SMILES string of the molecule is Cc1cc(C)cc(NC(=O)COC(=O)CN2C(=O)N[C@]3(C[C@@H](C)CC(C)(C)C3)C2=O)c1. The van der Waals surface area contributed by atoms with E-state index >= 15 is 0 Å². The summed E-state index contributed by atoms with van der Waals surface area (Å²) in [6, 6.07) is 5.01. The Kier molecular flexibility index (Phi) is 6.11. The van der Waals surface area contributed by atoms with Crippen LogP contribution >= 0.6 is 0 Å². The van der Waals surface area contributed by atoms with Gasteiger partial charge in [0, 0.05) is 5.69 Å². The largest absolute Gasteiger partial charge is 0.454 e. The van der Waals surface area contributed by atoms with Crippen LogP contribution in [-0.2, 0) is 19.1 Å². The summed E-state index contributed by atoms with van der Waals surface area (Å²) in [5, 5.41) is 5.49. The summed E-state index contributed by atoms with van der Waals surface area (Å²) in [7, 11) is 0. The fourth-order valence-electron chi connectivity index (χ4n) is 5.21. The normalized spacial score (nSPS) is 24.8. The minimum absolute atomic E-state index is 0.0939. The zero-order valence-electron chi connectivity index (χ0n) is 18.8. The van der Waals surface area contributed by atoms with Crippen molar-refractivity contribution in [2.45, 2.75) is 59.4 Å². The van der Waals surface area contributed by atoms with Crippen LogP contribution in [0, 0.1) is 25.2 Å². The van der Waals surface area contributed by atoms with E-state index in [1.807, 2.05) is 32.0 Å². The topological polar surface area (TPSA) is 105 Å². The summed E-state index contributed by atoms with van der Waals surface area (Å²) < 4.78 is 5.01. The molecule has 0 aromatic heterocycles. The van der Waals surface area contributed by atoms with Crippen molar-refractivity contribution in [2.24, 2.45) is 11.3 Å². The lowest BCUT2D eigenvalue weighted by atomic mass is 9.64. The van der Waals surface area contributed by atoms with Crippen molar-refractivity contribution in [3.63, 3.8) is 0 Å². The first kappa shape index (κ1) is 22.8. The third kappa shape index (κ3) is 5.24. The first-order chi connectivity index (χ1) is 14.4. The van der Waals surface area contributed by atoms with E-state index in [2.05, 4.69) is 31.4 Å². The molecule has 2 fully saturated rings. The van der Waals surface area contributed by atoms with E-state index in [9.17, 15) is 19.2 Å². The Morgan fingerprint density at radius 3 is 2.42 bits per heavy atom. The number of ether oxygens (including phenoxy) is 1. The molecule has 4 amide bonds. The first-order valence-electron chi connectivity index (χ1n) is 10.6. The number of rotatable bonds is 5. The highest BCUT2D eigenvalue weighted by atomic mass is 16.5. The van der Waals surface area contributed by atoms with Crippen LogP contribution < -0.4 is 10.6 Å². The molecule has 1 saturated heterocycles. The van der Waals surface area contributed by atoms with Gasteiger partial charge in [-0.1, -0.05) is 26.8 Å². The number of urea groups is 1. The number of nitrogens with one attached hydrogen (secondary N) is 2. The van der Waals surface area contributed by atoms with Gasteiger partial charge in [0.2, 0.25) is 0 Å². The molecule has 1 heterocycles. The molecule has 2 aliphatic rings. The molecule has 0 bridgehead atoms. The Labute approximate surface area is 182 Å². The minimum Gasteiger partial charge on any atom is -0.454 e. The van der Waals surface area contributed by atoms with Crippen molar-refractivity contribution in [1.82, 2.24) is 10.2 Å². The Hall–Kier alpha value is -2.90. The van der Waals surface area contributed by atoms with Gasteiger partial charge in [-0.15, -0.1) is 0 Å². The molecule has 1 aliphatic heterocycles. The van der Waals surface area contributed by atoms with E-state index in [0.717, 1.165) is 22.4 Å². The van der Waals surface area contributed by atoms with Crippen LogP contribution in [0.4, 0.5) is 10.5 Å². The number of aryl methyl sites for hydroxylation is 2. The molecule has 8 heteroatoms. The number of imide groups is 1. The molecule has 2 atom stereocenters. The second-order valence-electron chi connectivity index (χ2n) is 9.84. The van der Waals surface area contributed by atoms with E-state index < -0.39 is 42.5 Å². The highest BCUT2D eigenvalue weighted by Gasteiger charge is 2.56. The summed E-state index contributed by atoms with van der Waals surface area (Å²) in [6.07, 6.45) is 2.04. The van der Waals surface area contributed by atoms with Gasteiger partial charge in [-0.05, 0) is 67.7 Å². The third-order valence-corrected chi connectivity index (χ3v) is 5.78. The van der Waals surface area contributed by atoms with Gasteiger partial charge >= 0.3 is 12.0 Å². The van der Waals surface area contributed by atoms with E-state index in [0.29, 0.717) is 18.5 Å². The van der Waals surface area contributed by atoms with Gasteiger partial charge in [-0.2, -0.15) is 0 Å². The van der Waals surface area contributed by atoms with Gasteiger partial charge in [0.25, 0.3) is 11.8 Å². The predicted octanol–water partition coefficient (Wildman–Crippen LogP) is 2.92. The van der Waals surface area contributed by atoms with Crippen molar-refractivity contribution in [3.05, 3.63) is 29.3 Å². The van der Waals surface area contributed by atoms with E-state index in [4.69, 9.17) is 4.74 Å². The highest BCUT2D eigenvalue weighted by molar-refractivity contribution is 6.09. The molecule has 2 N–H and O–H groups in total. The number of hydrogen-bond donors (Lipinski definition) is 2. The second-order valence-corrected chi connectivity index (χ2v) is 9.84. The Bertz CT molecular complexity index is 906. The zero-order valence-corrected chi connectivity index (χ0v) is 18.8. The van der Waals surface area contributed by atoms with E-state index in [-0.39, 0.29) is 11.3 Å². The van der Waals surface area contributed by atoms with Gasteiger partial charge in [0.15, 0.2) is 6.61 Å². The monoisotopic (exact) mass is 429 g/mol. The van der Waals surface area contributed by atoms with Gasteiger partial charge in [0.05, 0.1) is 0 Å². The maximum Gasteiger partial charge on any atom is 0.326 e. The fourth-order valence-corrected chi connectivity index (χ4v) is 5.21. The van der Waals surface area contributed by atoms with E-state index in [1.54, 1.807) is 0 Å². The van der Waals surface area contributed by atoms with Gasteiger partial charge in [-0.3, -0.25) is 19.3 Å². The van der Waals surface area contributed by atoms with Crippen LogP contribution in [-0.4, -0.2) is 47.4 Å². The highest BCUT2D eigenvalue weighted by Crippen LogP contribution is 2.46. The predicted molar refractivity (Wildman–Crippen MR) is 115 cm³/mol. The van der Waals surface area contributed by atoms with E-state index in [1.165, 1.54) is 0 Å². The number of benzene rings is 1. The van der Waals surface area contributed by atoms with Crippen LogP contribution in [0.25, 0.3) is 0 Å². The second kappa shape index (κ2) is 8.32. The Morgan fingerprint density at radius 1 is 1.16 bits per heavy atom. The minimum atomic E-state index is -0.973. The molecule has 8 nitrogen and oxygen atoms in total. The van der Waals surface area contributed by atoms with Gasteiger partial charge in [-0.25, -0.2) is 4.79 Å². The summed E-state index contributed by atoms with van der Waals surface area (Å²) in [5.74, 6) is -1.42. The Balaban J connectivity index is 1.56. The molecule has 31 heavy (non-hydrogen) atoms. The lowest BCUT2D eigenvalue weighted by Crippen LogP contribution is -2.54. The standard InChI is InChI=1S/C23H31N3O5/c1-14-6-15(2)8-17(7-14)24-18(27)12-31-19(28)11-26-20(29)23(25-21(26)30)10-16(3)9-22(4,5)13-23/h6-8,16H,9-13H2,1-5H3,(H,24,27)(H,25,30)/t16-,23-/m0/s1. The Morgan fingerprint density at radius 2 is 1.81 bits per heavy atom. The van der Waals surface area contributed by atoms with Gasteiger partial charge in [0.1, 0.15) is 12.1 Å². The zero-order chi connectivity index (χ0) is 23.0. The van der Waals surface area contributed by atoms with Gasteiger partial charge < -0.3 is 15.4 Å². The molecule has 1 spiro atoms. The lowest BCUT2D eigenvalue weighted by molar-refractivity contribution is -0.150. The quantitative estimate of drug-likeness (QED) is 0.553. The number of carbonyl (C=O) groups is 4. The van der Waals surface area contributed by atoms with Crippen molar-refractivity contribution >= 4 is 29.5 Å². The third-order valence-electron chi connectivity index (χ3n) is 5.78.